The van der Waals surface area contributed by atoms with Gasteiger partial charge in [-0.15, -0.1) is 0 Å². The van der Waals surface area contributed by atoms with E-state index in [0.717, 1.165) is 29.4 Å². The maximum absolute atomic E-state index is 14.0. The molecule has 0 spiro atoms. The minimum absolute atomic E-state index is 0. The number of aliphatic hydroxyl groups excluding tert-OH is 1. The van der Waals surface area contributed by atoms with Crippen molar-refractivity contribution in [2.45, 2.75) is 109 Å². The number of nitrogens with zero attached hydrogens (tertiary/aromatic N) is 3. The lowest BCUT2D eigenvalue weighted by Gasteiger charge is -2.24. The van der Waals surface area contributed by atoms with E-state index in [-0.39, 0.29) is 88.5 Å². The van der Waals surface area contributed by atoms with Crippen LogP contribution in [0.2, 0.25) is 0 Å². The molecule has 21 nitrogen and oxygen atoms in total. The number of hydrogen-bond acceptors (Lipinski definition) is 14. The third-order valence-corrected chi connectivity index (χ3v) is 13.7. The number of ketones is 2. The highest BCUT2D eigenvalue weighted by molar-refractivity contribution is 7.84. The first-order valence-electron chi connectivity index (χ1n) is 25.0. The Morgan fingerprint density at radius 1 is 0.932 bits per heavy atom. The summed E-state index contributed by atoms with van der Waals surface area (Å²) >= 11 is 0. The molecule has 2 aromatic carbocycles. The van der Waals surface area contributed by atoms with E-state index in [2.05, 4.69) is 38.0 Å². The number of ether oxygens (including phenoxy) is 3. The summed E-state index contributed by atoms with van der Waals surface area (Å²) < 4.78 is 48.5. The zero-order valence-electron chi connectivity index (χ0n) is 43.0. The van der Waals surface area contributed by atoms with Gasteiger partial charge in [-0.3, -0.25) is 27.9 Å². The predicted octanol–water partition coefficient (Wildman–Crippen LogP) is 3.98. The number of rotatable bonds is 31. The van der Waals surface area contributed by atoms with Gasteiger partial charge in [-0.2, -0.15) is 8.42 Å². The van der Waals surface area contributed by atoms with Crippen LogP contribution >= 0.6 is 0 Å². The van der Waals surface area contributed by atoms with E-state index < -0.39 is 46.2 Å². The molecule has 0 saturated heterocycles. The predicted molar refractivity (Wildman–Crippen MR) is 278 cm³/mol. The van der Waals surface area contributed by atoms with Gasteiger partial charge in [0, 0.05) is 49.8 Å². The molecule has 1 saturated carbocycles. The van der Waals surface area contributed by atoms with Gasteiger partial charge in [0.1, 0.15) is 11.2 Å². The number of nitrogens with two attached hydrogens (primary N) is 2. The summed E-state index contributed by atoms with van der Waals surface area (Å²) in [6.45, 7) is 7.22. The fourth-order valence-electron chi connectivity index (χ4n) is 9.42. The van der Waals surface area contributed by atoms with E-state index in [9.17, 15) is 37.5 Å². The van der Waals surface area contributed by atoms with Crippen molar-refractivity contribution in [1.29, 1.82) is 0 Å². The molecule has 2 aliphatic rings. The van der Waals surface area contributed by atoms with E-state index in [0.29, 0.717) is 70.2 Å². The maximum Gasteiger partial charge on any atom is 0.333 e. The average molecular weight is 1050 g/mol. The molecule has 0 bridgehead atoms. The van der Waals surface area contributed by atoms with Crippen molar-refractivity contribution < 1.29 is 60.5 Å². The summed E-state index contributed by atoms with van der Waals surface area (Å²) in [5.74, 6) is -1.83. The van der Waals surface area contributed by atoms with Crippen molar-refractivity contribution in [3.8, 4) is 0 Å². The maximum atomic E-state index is 14.0. The third kappa shape index (κ3) is 17.9. The van der Waals surface area contributed by atoms with Gasteiger partial charge >= 0.3 is 16.3 Å². The molecule has 2 aliphatic carbocycles. The molecule has 6 atom stereocenters. The van der Waals surface area contributed by atoms with E-state index >= 15 is 0 Å². The highest BCUT2D eigenvalue weighted by atomic mass is 32.2. The van der Waals surface area contributed by atoms with Crippen molar-refractivity contribution in [3.63, 3.8) is 0 Å². The molecule has 0 radical (unpaired) electrons. The highest BCUT2D eigenvalue weighted by Gasteiger charge is 2.38. The van der Waals surface area contributed by atoms with Gasteiger partial charge < -0.3 is 53.7 Å². The van der Waals surface area contributed by atoms with Gasteiger partial charge in [0.05, 0.1) is 83.2 Å². The first kappa shape index (κ1) is 59.0. The normalized spacial score (nSPS) is 18.1. The number of aliphatic hydroxyl groups is 1. The minimum atomic E-state index is -4.18. The number of hydrogen-bond donors (Lipinski definition) is 7. The molecule has 0 unspecified atom stereocenters. The van der Waals surface area contributed by atoms with Crippen LogP contribution in [0.1, 0.15) is 101 Å². The molecule has 0 aliphatic heterocycles. The number of primary amides is 1. The van der Waals surface area contributed by atoms with Crippen molar-refractivity contribution in [1.82, 2.24) is 20.2 Å². The second-order valence-corrected chi connectivity index (χ2v) is 20.4. The van der Waals surface area contributed by atoms with Gasteiger partial charge in [0.15, 0.2) is 5.78 Å². The molecule has 2 aromatic heterocycles. The van der Waals surface area contributed by atoms with Crippen molar-refractivity contribution >= 4 is 62.3 Å². The van der Waals surface area contributed by atoms with Crippen LogP contribution in [0, 0.1) is 25.2 Å². The zero-order chi connectivity index (χ0) is 52.5. The number of urea groups is 1. The lowest BCUT2D eigenvalue weighted by molar-refractivity contribution is -0.668. The van der Waals surface area contributed by atoms with Gasteiger partial charge in [-0.05, 0) is 79.8 Å². The number of carbonyl (C=O) groups is 5. The number of aromatic nitrogens is 3. The Hall–Kier alpha value is -5.88. The third-order valence-electron chi connectivity index (χ3n) is 13.2. The van der Waals surface area contributed by atoms with Gasteiger partial charge in [-0.1, -0.05) is 55.2 Å². The topological polar surface area (TPSA) is 299 Å². The number of aryl methyl sites for hydroxylation is 1. The zero-order valence-corrected chi connectivity index (χ0v) is 43.8. The van der Waals surface area contributed by atoms with Crippen LogP contribution in [-0.4, -0.2) is 117 Å². The molecular weight excluding hydrogens is 975 g/mol. The first-order valence-corrected chi connectivity index (χ1v) is 26.5. The first-order chi connectivity index (χ1) is 34.9. The van der Waals surface area contributed by atoms with E-state index in [1.165, 1.54) is 18.1 Å². The molecule has 74 heavy (non-hydrogen) atoms. The Bertz CT molecular complexity index is 2610. The molecule has 6 rings (SSSR count). The Morgan fingerprint density at radius 3 is 2.30 bits per heavy atom. The number of benzene rings is 2. The molecule has 4 amide bonds. The molecule has 406 valence electrons. The monoisotopic (exact) mass is 1050 g/mol. The average Bonchev–Trinajstić information content (AvgIpc) is 4.08. The quantitative estimate of drug-likeness (QED) is 0.0213. The van der Waals surface area contributed by atoms with Crippen LogP contribution in [0.3, 0.4) is 0 Å². The van der Waals surface area contributed by atoms with Crippen LogP contribution in [0.25, 0.3) is 11.0 Å². The van der Waals surface area contributed by atoms with Gasteiger partial charge in [0.2, 0.25) is 29.6 Å². The summed E-state index contributed by atoms with van der Waals surface area (Å²) in [5.41, 5.74) is 10.0. The fraction of sp³-hybridized carbons (Fsp3) is 0.538. The van der Waals surface area contributed by atoms with E-state index in [4.69, 9.17) is 34.3 Å². The standard InChI is InChI=1S/C51H71N9O12S.CH3/c1-33(2)47(58-46(64)18-22-70-24-26-71-25-23-69-21-17-34(3)61)45(63)28-37(8-6-19-54-51(52)66)49(65)56-39-13-10-35(11-14-39)30-59-32-55-48(57-43-15-12-36-7-4-5-9-41(36)43)42-16-20-60(50(42)59)40-27-38(44(62)29-40)31-72-73(53,67)68;/h4-5,7,9-11,13-14,16,20,32-33,37-38,40,43-44,47,62H,6,8,12,15,17-19,21-31H2,1-3H3,(H7,52,53,54,56,58,64,65,66,67,68);1H3/q;-1/p+1/t37-,38-,40+,43-,44-,47+;/m1./s1. The van der Waals surface area contributed by atoms with Crippen LogP contribution in [-0.2, 0) is 60.8 Å². The van der Waals surface area contributed by atoms with Crippen molar-refractivity contribution in [2.75, 3.05) is 63.4 Å². The van der Waals surface area contributed by atoms with E-state index in [1.807, 2.05) is 54.9 Å². The molecule has 1 fully saturated rings. The molecule has 22 heteroatoms. The Kier molecular flexibility index (Phi) is 22.9. The smallest absolute Gasteiger partial charge is 0.333 e. The van der Waals surface area contributed by atoms with Crippen molar-refractivity contribution in [3.05, 3.63) is 91.2 Å². The molecule has 2 heterocycles. The number of Topliss-reactive ketones (excluding diaryl/α,β-unsaturated/α-hetero) is 2. The SMILES string of the molecule is CC(=O)CCOCCOCCOCCC(=O)N[C@H](C(=O)C[C@@H](CCCNC(N)=O)C(=O)Nc1ccc(C[n+]2cnc(N[C@@H]3CCc4ccccc43)c3ccn([C@H]4C[C@H](COS(N)(=O)=O)[C@H](O)C4)c32)cc1)C(C)C.[CH3-]. The lowest BCUT2D eigenvalue weighted by atomic mass is 9.89. The Morgan fingerprint density at radius 2 is 1.62 bits per heavy atom. The second kappa shape index (κ2) is 28.7. The van der Waals surface area contributed by atoms with Crippen LogP contribution in [0.5, 0.6) is 0 Å². The minimum Gasteiger partial charge on any atom is -0.393 e. The lowest BCUT2D eigenvalue weighted by Crippen LogP contribution is -2.45. The van der Waals surface area contributed by atoms with Crippen LogP contribution in [0.15, 0.2) is 67.1 Å². The number of carbonyl (C=O) groups excluding carboxylic acids is 5. The number of amides is 4. The summed E-state index contributed by atoms with van der Waals surface area (Å²) in [7, 11) is -4.18. The number of fused-ring (bicyclic) bond motifs is 2. The Balaban J connectivity index is 0.0000101. The second-order valence-electron chi connectivity index (χ2n) is 19.2. The van der Waals surface area contributed by atoms with Gasteiger partial charge in [-0.25, -0.2) is 14.5 Å². The summed E-state index contributed by atoms with van der Waals surface area (Å²) in [6, 6.07) is 16.0. The largest absolute Gasteiger partial charge is 0.393 e. The summed E-state index contributed by atoms with van der Waals surface area (Å²) in [6.07, 6.45) is 6.46. The fourth-order valence-corrected chi connectivity index (χ4v) is 9.78. The summed E-state index contributed by atoms with van der Waals surface area (Å²) in [4.78, 5) is 68.0. The van der Waals surface area contributed by atoms with Crippen molar-refractivity contribution in [2.24, 2.45) is 28.6 Å². The van der Waals surface area contributed by atoms with Gasteiger partial charge in [0.25, 0.3) is 0 Å². The number of anilines is 2. The van der Waals surface area contributed by atoms with Crippen LogP contribution in [0.4, 0.5) is 16.3 Å². The van der Waals surface area contributed by atoms with Crippen LogP contribution < -0.4 is 36.7 Å². The Labute approximate surface area is 434 Å². The van der Waals surface area contributed by atoms with E-state index in [1.54, 1.807) is 18.5 Å². The molecular formula is C52H75N9O12S. The number of nitrogens with one attached hydrogen (secondary N) is 4. The summed E-state index contributed by atoms with van der Waals surface area (Å²) in [5, 5.41) is 29.0. The molecule has 9 N–H and O–H groups in total. The molecule has 4 aromatic rings. The highest BCUT2D eigenvalue weighted by Crippen LogP contribution is 2.39.